The molecule has 1 fully saturated rings. The molecular formula is C20H32O2. The van der Waals surface area contributed by atoms with E-state index in [9.17, 15) is 5.11 Å². The Labute approximate surface area is 136 Å². The van der Waals surface area contributed by atoms with Crippen LogP contribution in [0.15, 0.2) is 36.0 Å². The lowest BCUT2D eigenvalue weighted by Crippen LogP contribution is -2.24. The van der Waals surface area contributed by atoms with Crippen LogP contribution in [-0.4, -0.2) is 22.4 Å². The zero-order valence-corrected chi connectivity index (χ0v) is 14.8. The van der Waals surface area contributed by atoms with E-state index in [1.807, 2.05) is 13.0 Å². The summed E-state index contributed by atoms with van der Waals surface area (Å²) in [7, 11) is 0. The molecule has 1 saturated heterocycles. The van der Waals surface area contributed by atoms with Crippen molar-refractivity contribution in [1.82, 2.24) is 0 Å². The fourth-order valence-electron chi connectivity index (χ4n) is 3.28. The summed E-state index contributed by atoms with van der Waals surface area (Å²) < 4.78 is 6.28. The van der Waals surface area contributed by atoms with Crippen molar-refractivity contribution in [3.05, 3.63) is 36.0 Å². The van der Waals surface area contributed by atoms with Crippen molar-refractivity contribution in [2.45, 2.75) is 77.6 Å². The van der Waals surface area contributed by atoms with E-state index in [0.717, 1.165) is 19.3 Å². The maximum Gasteiger partial charge on any atom is 0.0843 e. The first-order valence-electron chi connectivity index (χ1n) is 8.65. The summed E-state index contributed by atoms with van der Waals surface area (Å²) in [6.45, 7) is 10.7. The minimum atomic E-state index is -0.787. The minimum absolute atomic E-state index is 0.189. The molecular weight excluding hydrogens is 272 g/mol. The van der Waals surface area contributed by atoms with Crippen molar-refractivity contribution in [3.8, 4) is 0 Å². The smallest absolute Gasteiger partial charge is 0.0843 e. The lowest BCUT2D eigenvalue weighted by molar-refractivity contribution is 0.0213. The molecule has 1 N–H and O–H groups in total. The van der Waals surface area contributed by atoms with Crippen molar-refractivity contribution in [1.29, 1.82) is 0 Å². The van der Waals surface area contributed by atoms with E-state index in [1.165, 1.54) is 5.57 Å². The Balaban J connectivity index is 2.28. The molecule has 2 aliphatic heterocycles. The predicted octanol–water partition coefficient (Wildman–Crippen LogP) is 4.80. The molecule has 22 heavy (non-hydrogen) atoms. The van der Waals surface area contributed by atoms with Gasteiger partial charge >= 0.3 is 0 Å². The fourth-order valence-corrected chi connectivity index (χ4v) is 3.28. The number of aliphatic hydroxyl groups is 1. The predicted molar refractivity (Wildman–Crippen MR) is 92.7 cm³/mol. The highest BCUT2D eigenvalue weighted by molar-refractivity contribution is 5.16. The summed E-state index contributed by atoms with van der Waals surface area (Å²) in [5.41, 5.74) is 0.373. The van der Waals surface area contributed by atoms with Gasteiger partial charge in [-0.25, -0.2) is 0 Å². The number of rotatable bonds is 1. The average molecular weight is 304 g/mol. The van der Waals surface area contributed by atoms with Crippen LogP contribution in [0, 0.1) is 11.8 Å². The molecule has 0 amide bonds. The van der Waals surface area contributed by atoms with Gasteiger partial charge in [-0.15, -0.1) is 0 Å². The second-order valence-corrected chi connectivity index (χ2v) is 7.87. The Bertz CT molecular complexity index is 470. The molecule has 0 aliphatic carbocycles. The third-order valence-electron chi connectivity index (χ3n) is 5.09. The van der Waals surface area contributed by atoms with Gasteiger partial charge in [-0.05, 0) is 63.9 Å². The number of hydrogen-bond acceptors (Lipinski definition) is 2. The third kappa shape index (κ3) is 4.57. The van der Waals surface area contributed by atoms with Gasteiger partial charge in [0, 0.05) is 0 Å². The van der Waals surface area contributed by atoms with Gasteiger partial charge in [0.15, 0.2) is 0 Å². The van der Waals surface area contributed by atoms with E-state index in [2.05, 4.69) is 52.0 Å². The van der Waals surface area contributed by atoms with Gasteiger partial charge in [0.1, 0.15) is 0 Å². The lowest BCUT2D eigenvalue weighted by atomic mass is 9.88. The van der Waals surface area contributed by atoms with Crippen LogP contribution in [0.4, 0.5) is 0 Å². The number of hydrogen-bond donors (Lipinski definition) is 1. The molecule has 4 atom stereocenters. The molecule has 2 rings (SSSR count). The zero-order chi connectivity index (χ0) is 16.4. The number of ether oxygens (including phenoxy) is 1. The van der Waals surface area contributed by atoms with Crippen molar-refractivity contribution in [2.75, 3.05) is 0 Å². The summed E-state index contributed by atoms with van der Waals surface area (Å²) in [5, 5.41) is 10.5. The maximum atomic E-state index is 10.5. The van der Waals surface area contributed by atoms with Gasteiger partial charge in [-0.2, -0.15) is 0 Å². The van der Waals surface area contributed by atoms with Gasteiger partial charge in [0.05, 0.1) is 17.3 Å². The summed E-state index contributed by atoms with van der Waals surface area (Å²) in [6.07, 6.45) is 14.7. The molecule has 0 aromatic heterocycles. The molecule has 0 spiro atoms. The second-order valence-electron chi connectivity index (χ2n) is 7.87. The van der Waals surface area contributed by atoms with Crippen LogP contribution in [0.1, 0.15) is 60.3 Å². The topological polar surface area (TPSA) is 29.5 Å². The van der Waals surface area contributed by atoms with Crippen LogP contribution in [0.2, 0.25) is 0 Å². The van der Waals surface area contributed by atoms with Crippen molar-refractivity contribution in [3.63, 3.8) is 0 Å². The molecule has 0 aromatic rings. The molecule has 2 heterocycles. The van der Waals surface area contributed by atoms with Crippen molar-refractivity contribution < 1.29 is 9.84 Å². The van der Waals surface area contributed by atoms with Crippen LogP contribution in [-0.2, 0) is 4.74 Å². The Hall–Kier alpha value is -0.860. The van der Waals surface area contributed by atoms with Crippen LogP contribution in [0.5, 0.6) is 0 Å². The second kappa shape index (κ2) is 6.72. The monoisotopic (exact) mass is 304 g/mol. The van der Waals surface area contributed by atoms with Gasteiger partial charge < -0.3 is 9.84 Å². The van der Waals surface area contributed by atoms with E-state index in [1.54, 1.807) is 0 Å². The van der Waals surface area contributed by atoms with E-state index in [-0.39, 0.29) is 11.7 Å². The Kier molecular flexibility index (Phi) is 5.34. The molecule has 2 aliphatic rings. The quantitative estimate of drug-likeness (QED) is 0.705. The normalized spacial score (nSPS) is 45.3. The third-order valence-corrected chi connectivity index (χ3v) is 5.09. The molecule has 2 nitrogen and oxygen atoms in total. The summed E-state index contributed by atoms with van der Waals surface area (Å²) >= 11 is 0. The van der Waals surface area contributed by atoms with Crippen molar-refractivity contribution in [2.24, 2.45) is 11.8 Å². The van der Waals surface area contributed by atoms with Crippen LogP contribution in [0.3, 0.4) is 0 Å². The largest absolute Gasteiger partial charge is 0.386 e. The average Bonchev–Trinajstić information content (AvgIpc) is 2.79. The molecule has 4 unspecified atom stereocenters. The summed E-state index contributed by atoms with van der Waals surface area (Å²) in [5.74, 6) is 1.02. The number of fused-ring (bicyclic) bond motifs is 2. The standard InChI is InChI=1S/C20H32O2/c1-15(2)17-8-7-16(3)18-10-14-20(5,22-18)12-6-11-19(4,21)13-9-17/h6-7,9,12-13,15,17-18,21H,8,10-11,14H2,1-5H3/b12-6+,13-9+,16-7+. The molecule has 2 bridgehead atoms. The zero-order valence-electron chi connectivity index (χ0n) is 14.8. The van der Waals surface area contributed by atoms with E-state index >= 15 is 0 Å². The van der Waals surface area contributed by atoms with Crippen LogP contribution in [0.25, 0.3) is 0 Å². The maximum absolute atomic E-state index is 10.5. The van der Waals surface area contributed by atoms with Crippen molar-refractivity contribution >= 4 is 0 Å². The van der Waals surface area contributed by atoms with Gasteiger partial charge in [0.25, 0.3) is 0 Å². The van der Waals surface area contributed by atoms with Gasteiger partial charge in [0.2, 0.25) is 0 Å². The number of allylic oxidation sites excluding steroid dienone is 2. The van der Waals surface area contributed by atoms with Crippen LogP contribution < -0.4 is 0 Å². The highest BCUT2D eigenvalue weighted by Gasteiger charge is 2.34. The first kappa shape index (κ1) is 17.5. The minimum Gasteiger partial charge on any atom is -0.386 e. The van der Waals surface area contributed by atoms with Gasteiger partial charge in [-0.3, -0.25) is 0 Å². The highest BCUT2D eigenvalue weighted by atomic mass is 16.5. The Morgan fingerprint density at radius 3 is 2.68 bits per heavy atom. The molecule has 2 heteroatoms. The van der Waals surface area contributed by atoms with Gasteiger partial charge in [-0.1, -0.05) is 44.2 Å². The summed E-state index contributed by atoms with van der Waals surface area (Å²) in [4.78, 5) is 0. The SMILES string of the molecule is C/C1=C\CC(C(C)C)/C=C/C(C)(O)C/C=C/C2(C)CCC1O2. The molecule has 124 valence electrons. The Morgan fingerprint density at radius 1 is 1.27 bits per heavy atom. The summed E-state index contributed by atoms with van der Waals surface area (Å²) in [6, 6.07) is 0. The van der Waals surface area contributed by atoms with E-state index in [4.69, 9.17) is 4.74 Å². The molecule has 0 radical (unpaired) electrons. The first-order chi connectivity index (χ1) is 10.2. The first-order valence-corrected chi connectivity index (χ1v) is 8.65. The molecule has 0 aromatic carbocycles. The van der Waals surface area contributed by atoms with E-state index in [0.29, 0.717) is 18.3 Å². The highest BCUT2D eigenvalue weighted by Crippen LogP contribution is 2.35. The molecule has 0 saturated carbocycles. The van der Waals surface area contributed by atoms with E-state index < -0.39 is 5.60 Å². The van der Waals surface area contributed by atoms with Crippen LogP contribution >= 0.6 is 0 Å². The Morgan fingerprint density at radius 2 is 2.00 bits per heavy atom. The fraction of sp³-hybridized carbons (Fsp3) is 0.700. The lowest BCUT2D eigenvalue weighted by Gasteiger charge is -2.22.